The Balaban J connectivity index is -0.000000926. The molecule has 330 valence electrons. The molecule has 6 aliphatic carbocycles. The summed E-state index contributed by atoms with van der Waals surface area (Å²) in [6.45, 7) is 13.2. The van der Waals surface area contributed by atoms with Crippen LogP contribution in [0.3, 0.4) is 0 Å². The number of carboxylic acids is 1. The van der Waals surface area contributed by atoms with Crippen LogP contribution in [-0.2, 0) is 38.2 Å². The molecule has 1 saturated heterocycles. The van der Waals surface area contributed by atoms with Crippen molar-refractivity contribution in [2.45, 2.75) is 166 Å². The molecule has 0 spiro atoms. The van der Waals surface area contributed by atoms with Gasteiger partial charge in [-0.2, -0.15) is 0 Å². The Bertz CT molecular complexity index is 1210. The number of fused-ring (bicyclic) bond motifs is 7. The van der Waals surface area contributed by atoms with Gasteiger partial charge < -0.3 is 24.4 Å². The summed E-state index contributed by atoms with van der Waals surface area (Å²) in [7, 11) is 0. The van der Waals surface area contributed by atoms with Gasteiger partial charge in [0, 0.05) is 5.41 Å². The Morgan fingerprint density at radius 3 is 1.71 bits per heavy atom. The van der Waals surface area contributed by atoms with Gasteiger partial charge in [-0.1, -0.05) is 94.5 Å². The fourth-order valence-corrected chi connectivity index (χ4v) is 10.8. The maximum Gasteiger partial charge on any atom is 0.317 e. The highest BCUT2D eigenvalue weighted by Gasteiger charge is 2.66. The largest absolute Gasteiger partial charge is 0.481 e. The van der Waals surface area contributed by atoms with Gasteiger partial charge >= 0.3 is 29.8 Å². The lowest BCUT2D eigenvalue weighted by Gasteiger charge is -2.63. The lowest BCUT2D eigenvalue weighted by atomic mass is 9.41. The van der Waals surface area contributed by atoms with Crippen LogP contribution in [0.1, 0.15) is 160 Å². The van der Waals surface area contributed by atoms with E-state index < -0.39 is 64.5 Å². The van der Waals surface area contributed by atoms with E-state index in [0.717, 1.165) is 12.8 Å². The zero-order chi connectivity index (χ0) is 33.9. The first-order chi connectivity index (χ1) is 21.6. The molecule has 0 aromatic carbocycles. The van der Waals surface area contributed by atoms with Crippen LogP contribution in [0.15, 0.2) is 0 Å². The lowest BCUT2D eigenvalue weighted by molar-refractivity contribution is -0.201. The number of carbonyl (C=O) groups excluding carboxylic acids is 4. The third-order valence-corrected chi connectivity index (χ3v) is 13.2. The Morgan fingerprint density at radius 2 is 1.25 bits per heavy atom. The molecule has 0 radical (unpaired) electrons. The number of esters is 4. The Hall–Kier alpha value is -2.49. The van der Waals surface area contributed by atoms with E-state index in [4.69, 9.17) is 14.2 Å². The van der Waals surface area contributed by atoms with Crippen LogP contribution in [0.4, 0.5) is 0 Å². The normalized spacial score (nSPS) is 33.9. The van der Waals surface area contributed by atoms with Crippen molar-refractivity contribution in [3.8, 4) is 0 Å². The van der Waals surface area contributed by atoms with Crippen molar-refractivity contribution in [3.05, 3.63) is 0 Å². The number of aliphatic hydroxyl groups excluding tert-OH is 1. The molecule has 7 fully saturated rings. The van der Waals surface area contributed by atoms with Crippen LogP contribution in [0.2, 0.25) is 0 Å². The number of carbonyl (C=O) groups is 5. The number of aliphatic carboxylic acids is 1. The van der Waals surface area contributed by atoms with Crippen LogP contribution in [-0.4, -0.2) is 58.9 Å². The predicted molar refractivity (Wildman–Crippen MR) is 226 cm³/mol. The van der Waals surface area contributed by atoms with Gasteiger partial charge in [0.05, 0.1) is 42.8 Å². The van der Waals surface area contributed by atoms with Gasteiger partial charge in [-0.3, -0.25) is 24.0 Å². The fraction of sp³-hybridized carbons (Fsp3) is 0.889. The summed E-state index contributed by atoms with van der Waals surface area (Å²) in [6.07, 6.45) is 4.82. The summed E-state index contributed by atoms with van der Waals surface area (Å²) in [5.41, 5.74) is -1.22. The smallest absolute Gasteiger partial charge is 0.317 e. The van der Waals surface area contributed by atoms with E-state index >= 15 is 0 Å². The summed E-state index contributed by atoms with van der Waals surface area (Å²) in [5, 5.41) is 20.7. The molecule has 2 N–H and O–H groups in total. The average Bonchev–Trinajstić information content (AvgIpc) is 3.26. The second-order valence-corrected chi connectivity index (χ2v) is 16.3. The quantitative estimate of drug-likeness (QED) is 0.124. The summed E-state index contributed by atoms with van der Waals surface area (Å²) < 4.78 is 16.9. The van der Waals surface area contributed by atoms with Crippen molar-refractivity contribution >= 4 is 29.8 Å². The molecule has 1 aliphatic heterocycles. The molecule has 0 aromatic heterocycles. The van der Waals surface area contributed by atoms with Gasteiger partial charge in [0.15, 0.2) is 0 Å². The lowest BCUT2D eigenvalue weighted by Crippen LogP contribution is -2.62. The molecular weight excluding hydrogens is 700 g/mol. The highest BCUT2D eigenvalue weighted by molar-refractivity contribution is 5.96. The number of cyclic esters (lactones) is 2. The highest BCUT2D eigenvalue weighted by Crippen LogP contribution is 2.66. The minimum Gasteiger partial charge on any atom is -0.481 e. The molecule has 13 atom stereocenters. The molecule has 0 amide bonds. The van der Waals surface area contributed by atoms with E-state index in [2.05, 4.69) is 6.92 Å². The predicted octanol–water partition coefficient (Wildman–Crippen LogP) is 10.6. The van der Waals surface area contributed by atoms with Gasteiger partial charge in [-0.05, 0) is 113 Å². The SMILES string of the molecule is C.C.C.C.C.C.C.C.C.CCC(CC)(CO)COC(=O)C1C2CCC(C1C(=O)O)C(C1C3CCC(C(C(=O)OC(C)(C)C)C3)C1C1C(=O)OC(=O)C1C)C2C. The van der Waals surface area contributed by atoms with Gasteiger partial charge in [0.2, 0.25) is 0 Å². The summed E-state index contributed by atoms with van der Waals surface area (Å²) in [6, 6.07) is 0. The Kier molecular flexibility index (Phi) is 25.9. The second-order valence-electron chi connectivity index (χ2n) is 16.3. The van der Waals surface area contributed by atoms with E-state index in [1.54, 1.807) is 6.92 Å². The average molecular weight is 791 g/mol. The van der Waals surface area contributed by atoms with Crippen LogP contribution in [0, 0.1) is 82.3 Å². The molecule has 13 unspecified atom stereocenters. The van der Waals surface area contributed by atoms with Gasteiger partial charge in [0.1, 0.15) is 5.60 Å². The number of aliphatic hydroxyl groups is 1. The van der Waals surface area contributed by atoms with Crippen LogP contribution in [0.5, 0.6) is 0 Å². The maximum absolute atomic E-state index is 13.8. The van der Waals surface area contributed by atoms with Crippen LogP contribution in [0.25, 0.3) is 0 Å². The van der Waals surface area contributed by atoms with Crippen molar-refractivity contribution in [2.24, 2.45) is 82.3 Å². The molecule has 10 heteroatoms. The first-order valence-corrected chi connectivity index (χ1v) is 17.6. The molecule has 10 nitrogen and oxygen atoms in total. The Labute approximate surface area is 339 Å². The minimum absolute atomic E-state index is 0. The van der Waals surface area contributed by atoms with Crippen molar-refractivity contribution < 1.29 is 48.4 Å². The topological polar surface area (TPSA) is 154 Å². The number of carboxylic acid groups (broad SMARTS) is 1. The van der Waals surface area contributed by atoms with E-state index in [-0.39, 0.29) is 133 Å². The maximum atomic E-state index is 13.8. The third-order valence-electron chi connectivity index (χ3n) is 13.2. The molecule has 4 bridgehead atoms. The summed E-state index contributed by atoms with van der Waals surface area (Å²) >= 11 is 0. The van der Waals surface area contributed by atoms with E-state index in [1.165, 1.54) is 0 Å². The number of rotatable bonds is 10. The fourth-order valence-electron chi connectivity index (χ4n) is 10.8. The highest BCUT2D eigenvalue weighted by atomic mass is 16.6. The van der Waals surface area contributed by atoms with E-state index in [0.29, 0.717) is 32.1 Å². The molecule has 7 rings (SSSR count). The standard InChI is InChI=1S/C36H54O10.9CH4/c1-8-36(9-2,15-37)16-44-33(42)29-20-12-13-22(28(29)30(38)39)24(17(20)3)26-19-10-11-21(23(14-19)32(41)46-35(5,6)7)27(26)25-18(4)31(40)45-34(25)43;;;;;;;;;/h17-29,37H,8-16H2,1-7H3,(H,38,39);9*1H4. The number of ether oxygens (including phenoxy) is 3. The number of hydrogen-bond donors (Lipinski definition) is 2. The van der Waals surface area contributed by atoms with Crippen molar-refractivity contribution in [2.75, 3.05) is 13.2 Å². The molecule has 0 aromatic rings. The molecular formula is C45H90O10. The van der Waals surface area contributed by atoms with Gasteiger partial charge in [-0.15, -0.1) is 0 Å². The van der Waals surface area contributed by atoms with Crippen LogP contribution < -0.4 is 0 Å². The summed E-state index contributed by atoms with van der Waals surface area (Å²) in [4.78, 5) is 66.4. The second kappa shape index (κ2) is 23.0. The first-order valence-electron chi connectivity index (χ1n) is 17.6. The van der Waals surface area contributed by atoms with E-state index in [9.17, 15) is 34.2 Å². The Morgan fingerprint density at radius 1 is 0.727 bits per heavy atom. The van der Waals surface area contributed by atoms with Crippen molar-refractivity contribution in [1.29, 1.82) is 0 Å². The van der Waals surface area contributed by atoms with Crippen molar-refractivity contribution in [1.82, 2.24) is 0 Å². The van der Waals surface area contributed by atoms with Crippen LogP contribution >= 0.6 is 0 Å². The minimum atomic E-state index is -1.01. The zero-order valence-electron chi connectivity index (χ0n) is 28.5. The van der Waals surface area contributed by atoms with Gasteiger partial charge in [0.25, 0.3) is 0 Å². The first kappa shape index (κ1) is 61.7. The summed E-state index contributed by atoms with van der Waals surface area (Å²) in [5.74, 6) is -7.61. The third kappa shape index (κ3) is 10.9. The number of hydrogen-bond acceptors (Lipinski definition) is 9. The molecule has 6 saturated carbocycles. The monoisotopic (exact) mass is 791 g/mol. The zero-order valence-corrected chi connectivity index (χ0v) is 28.5. The van der Waals surface area contributed by atoms with Crippen molar-refractivity contribution in [3.63, 3.8) is 0 Å². The molecule has 7 aliphatic rings. The molecule has 55 heavy (non-hydrogen) atoms. The molecule has 1 heterocycles. The van der Waals surface area contributed by atoms with E-state index in [1.807, 2.05) is 34.6 Å². The van der Waals surface area contributed by atoms with Gasteiger partial charge in [-0.25, -0.2) is 0 Å².